The molecule has 0 bridgehead atoms. The van der Waals surface area contributed by atoms with Gasteiger partial charge in [0.1, 0.15) is 6.04 Å². The zero-order valence-corrected chi connectivity index (χ0v) is 20.4. The molecular formula is C24H29N9O4. The van der Waals surface area contributed by atoms with Gasteiger partial charge >= 0.3 is 0 Å². The SMILES string of the molecule is CO.N#C[C@@H]1CCCN1C(=O)CNC(=O)c1ccnc2ccc(-n3cc(C(=O)NCCCN)nn3)cc12. The molecule has 1 atom stereocenters. The molecule has 3 aromatic rings. The quantitative estimate of drug-likeness (QED) is 0.297. The smallest absolute Gasteiger partial charge is 0.273 e. The van der Waals surface area contributed by atoms with Gasteiger partial charge in [-0.1, -0.05) is 5.21 Å². The number of carbonyl (C=O) groups excluding carboxylic acids is 3. The van der Waals surface area contributed by atoms with Crippen molar-refractivity contribution in [2.24, 2.45) is 5.73 Å². The van der Waals surface area contributed by atoms with Crippen LogP contribution in [0.3, 0.4) is 0 Å². The number of aromatic nitrogens is 4. The number of hydrogen-bond acceptors (Lipinski definition) is 9. The molecule has 1 aromatic carbocycles. The molecule has 3 amide bonds. The van der Waals surface area contributed by atoms with Gasteiger partial charge in [0.15, 0.2) is 5.69 Å². The topological polar surface area (TPSA) is 192 Å². The standard InChI is InChI=1S/C23H25N9O3.CH4O/c24-7-2-8-27-23(35)20-14-32(30-29-20)15-4-5-19-18(11-15)17(6-9-26-19)22(34)28-13-21(33)31-10-1-3-16(31)12-25;1-2/h4-6,9,11,14,16H,1-3,7-8,10,13,24H2,(H,27,35)(H,28,34);2H,1H3/t16-;/m0./s1. The molecule has 1 fully saturated rings. The molecule has 1 aliphatic rings. The van der Waals surface area contributed by atoms with Gasteiger partial charge in [0, 0.05) is 31.8 Å². The van der Waals surface area contributed by atoms with E-state index >= 15 is 0 Å². The van der Waals surface area contributed by atoms with E-state index in [0.717, 1.165) is 13.5 Å². The van der Waals surface area contributed by atoms with Crippen molar-refractivity contribution in [2.45, 2.75) is 25.3 Å². The molecule has 1 saturated heterocycles. The molecule has 1 aliphatic heterocycles. The fourth-order valence-corrected chi connectivity index (χ4v) is 3.92. The molecular weight excluding hydrogens is 478 g/mol. The lowest BCUT2D eigenvalue weighted by Gasteiger charge is -2.19. The minimum Gasteiger partial charge on any atom is -0.400 e. The number of nitriles is 1. The molecule has 4 rings (SSSR count). The van der Waals surface area contributed by atoms with Gasteiger partial charge in [-0.3, -0.25) is 19.4 Å². The number of aliphatic hydroxyl groups excluding tert-OH is 1. The normalized spacial score (nSPS) is 14.4. The minimum absolute atomic E-state index is 0.155. The van der Waals surface area contributed by atoms with Crippen molar-refractivity contribution in [3.8, 4) is 11.8 Å². The van der Waals surface area contributed by atoms with E-state index in [1.807, 2.05) is 0 Å². The van der Waals surface area contributed by atoms with Crippen LogP contribution in [-0.2, 0) is 4.79 Å². The number of nitrogens with zero attached hydrogens (tertiary/aromatic N) is 6. The van der Waals surface area contributed by atoms with Crippen LogP contribution in [0.1, 0.15) is 40.1 Å². The fourth-order valence-electron chi connectivity index (χ4n) is 3.92. The van der Waals surface area contributed by atoms with Gasteiger partial charge < -0.3 is 26.4 Å². The third-order valence-electron chi connectivity index (χ3n) is 5.75. The van der Waals surface area contributed by atoms with Crippen molar-refractivity contribution >= 4 is 28.6 Å². The monoisotopic (exact) mass is 507 g/mol. The number of hydrogen-bond donors (Lipinski definition) is 4. The lowest BCUT2D eigenvalue weighted by atomic mass is 10.1. The Bertz CT molecular complexity index is 1300. The second kappa shape index (κ2) is 13.1. The van der Waals surface area contributed by atoms with Gasteiger partial charge in [-0.15, -0.1) is 5.10 Å². The first-order chi connectivity index (χ1) is 18.0. The van der Waals surface area contributed by atoms with E-state index in [-0.39, 0.29) is 24.1 Å². The number of nitrogens with two attached hydrogens (primary N) is 1. The predicted octanol–water partition coefficient (Wildman–Crippen LogP) is -0.253. The average molecular weight is 508 g/mol. The summed E-state index contributed by atoms with van der Waals surface area (Å²) in [4.78, 5) is 43.4. The van der Waals surface area contributed by atoms with Crippen molar-refractivity contribution in [1.82, 2.24) is 35.5 Å². The number of likely N-dealkylation sites (tertiary alicyclic amines) is 1. The van der Waals surface area contributed by atoms with E-state index < -0.39 is 11.9 Å². The molecule has 5 N–H and O–H groups in total. The van der Waals surface area contributed by atoms with E-state index in [1.54, 1.807) is 24.3 Å². The maximum absolute atomic E-state index is 12.9. The zero-order chi connectivity index (χ0) is 26.8. The van der Waals surface area contributed by atoms with E-state index in [0.29, 0.717) is 54.6 Å². The molecule has 13 heteroatoms. The van der Waals surface area contributed by atoms with Gasteiger partial charge in [-0.05, 0) is 50.1 Å². The molecule has 0 saturated carbocycles. The Balaban J connectivity index is 0.00000186. The minimum atomic E-state index is -0.445. The summed E-state index contributed by atoms with van der Waals surface area (Å²) in [6.07, 6.45) is 5.09. The Kier molecular flexibility index (Phi) is 9.59. The number of rotatable bonds is 8. The lowest BCUT2D eigenvalue weighted by molar-refractivity contribution is -0.130. The van der Waals surface area contributed by atoms with E-state index in [1.165, 1.54) is 22.0 Å². The van der Waals surface area contributed by atoms with Crippen LogP contribution in [0.5, 0.6) is 0 Å². The summed E-state index contributed by atoms with van der Waals surface area (Å²) in [6, 6.07) is 8.45. The van der Waals surface area contributed by atoms with Gasteiger partial charge in [0.05, 0.1) is 35.6 Å². The van der Waals surface area contributed by atoms with Crippen molar-refractivity contribution in [1.29, 1.82) is 5.26 Å². The first-order valence-corrected chi connectivity index (χ1v) is 11.7. The van der Waals surface area contributed by atoms with Crippen molar-refractivity contribution in [3.63, 3.8) is 0 Å². The van der Waals surface area contributed by atoms with Gasteiger partial charge in [0.25, 0.3) is 11.8 Å². The van der Waals surface area contributed by atoms with Crippen LogP contribution >= 0.6 is 0 Å². The average Bonchev–Trinajstić information content (AvgIpc) is 3.62. The summed E-state index contributed by atoms with van der Waals surface area (Å²) in [5.74, 6) is -1.08. The number of pyridine rings is 1. The molecule has 13 nitrogen and oxygen atoms in total. The molecule has 0 spiro atoms. The number of amides is 3. The van der Waals surface area contributed by atoms with Crippen LogP contribution in [0.2, 0.25) is 0 Å². The first-order valence-electron chi connectivity index (χ1n) is 11.7. The Morgan fingerprint density at radius 1 is 1.22 bits per heavy atom. The highest BCUT2D eigenvalue weighted by Gasteiger charge is 2.28. The van der Waals surface area contributed by atoms with Crippen LogP contribution < -0.4 is 16.4 Å². The highest BCUT2D eigenvalue weighted by molar-refractivity contribution is 6.07. The van der Waals surface area contributed by atoms with Crippen molar-refractivity contribution < 1.29 is 19.5 Å². The molecule has 0 radical (unpaired) electrons. The van der Waals surface area contributed by atoms with Crippen LogP contribution in [0, 0.1) is 11.3 Å². The van der Waals surface area contributed by atoms with E-state index in [9.17, 15) is 19.6 Å². The molecule has 194 valence electrons. The van der Waals surface area contributed by atoms with Crippen molar-refractivity contribution in [2.75, 3.05) is 33.3 Å². The summed E-state index contributed by atoms with van der Waals surface area (Å²) in [5, 5.41) is 30.0. The summed E-state index contributed by atoms with van der Waals surface area (Å²) in [5.41, 5.74) is 7.09. The highest BCUT2D eigenvalue weighted by Crippen LogP contribution is 2.21. The fraction of sp³-hybridized carbons (Fsp3) is 0.375. The largest absolute Gasteiger partial charge is 0.400 e. The van der Waals surface area contributed by atoms with Gasteiger partial charge in [-0.25, -0.2) is 4.68 Å². The van der Waals surface area contributed by atoms with Crippen molar-refractivity contribution in [3.05, 3.63) is 47.9 Å². The van der Waals surface area contributed by atoms with Crippen LogP contribution in [0.25, 0.3) is 16.6 Å². The lowest BCUT2D eigenvalue weighted by Crippen LogP contribution is -2.42. The Morgan fingerprint density at radius 2 is 2.03 bits per heavy atom. The molecule has 0 aliphatic carbocycles. The Labute approximate surface area is 213 Å². The van der Waals surface area contributed by atoms with E-state index in [4.69, 9.17) is 10.8 Å². The summed E-state index contributed by atoms with van der Waals surface area (Å²) < 4.78 is 1.44. The molecule has 0 unspecified atom stereocenters. The van der Waals surface area contributed by atoms with Gasteiger partial charge in [0.2, 0.25) is 5.91 Å². The number of carbonyl (C=O) groups is 3. The molecule has 3 heterocycles. The third kappa shape index (κ3) is 6.43. The summed E-state index contributed by atoms with van der Waals surface area (Å²) >= 11 is 0. The number of benzene rings is 1. The second-order valence-corrected chi connectivity index (χ2v) is 8.06. The van der Waals surface area contributed by atoms with Crippen LogP contribution in [0.15, 0.2) is 36.7 Å². The maximum atomic E-state index is 12.9. The number of fused-ring (bicyclic) bond motifs is 1. The highest BCUT2D eigenvalue weighted by atomic mass is 16.2. The van der Waals surface area contributed by atoms with Gasteiger partial charge in [-0.2, -0.15) is 5.26 Å². The first kappa shape index (κ1) is 27.2. The number of aliphatic hydroxyl groups is 1. The molecule has 2 aromatic heterocycles. The number of nitrogens with one attached hydrogen (secondary N) is 2. The third-order valence-corrected chi connectivity index (χ3v) is 5.75. The zero-order valence-electron chi connectivity index (χ0n) is 20.4. The Hall–Kier alpha value is -4.41. The van der Waals surface area contributed by atoms with Crippen LogP contribution in [0.4, 0.5) is 0 Å². The summed E-state index contributed by atoms with van der Waals surface area (Å²) in [7, 11) is 1.00. The second-order valence-electron chi connectivity index (χ2n) is 8.06. The molecule has 37 heavy (non-hydrogen) atoms. The Morgan fingerprint density at radius 3 is 2.78 bits per heavy atom. The van der Waals surface area contributed by atoms with E-state index in [2.05, 4.69) is 32.0 Å². The predicted molar refractivity (Wildman–Crippen MR) is 133 cm³/mol. The maximum Gasteiger partial charge on any atom is 0.273 e. The van der Waals surface area contributed by atoms with Crippen LogP contribution in [-0.4, -0.2) is 87.0 Å². The summed E-state index contributed by atoms with van der Waals surface area (Å²) in [6.45, 7) is 1.23.